The summed E-state index contributed by atoms with van der Waals surface area (Å²) < 4.78 is 15.5. The van der Waals surface area contributed by atoms with Gasteiger partial charge in [0.25, 0.3) is 0 Å². The SMILES string of the molecule is CN1C(=O)CC(C(=O)Nc2cnn(CCc3ccccc3)c2)C1c1cccc(F)c1. The fourth-order valence-corrected chi connectivity index (χ4v) is 3.93. The number of rotatable bonds is 6. The summed E-state index contributed by atoms with van der Waals surface area (Å²) in [6.07, 6.45) is 4.30. The molecule has 2 heterocycles. The smallest absolute Gasteiger partial charge is 0.230 e. The normalized spacial score (nSPS) is 18.6. The number of likely N-dealkylation sites (tertiary alicyclic amines) is 1. The first-order valence-corrected chi connectivity index (χ1v) is 9.89. The summed E-state index contributed by atoms with van der Waals surface area (Å²) in [4.78, 5) is 26.7. The Bertz CT molecular complexity index is 1050. The van der Waals surface area contributed by atoms with E-state index in [1.165, 1.54) is 22.6 Å². The number of carbonyl (C=O) groups excluding carboxylic acids is 2. The van der Waals surface area contributed by atoms with Crippen molar-refractivity contribution in [2.75, 3.05) is 12.4 Å². The highest BCUT2D eigenvalue weighted by Crippen LogP contribution is 2.37. The summed E-state index contributed by atoms with van der Waals surface area (Å²) in [5.74, 6) is -1.40. The van der Waals surface area contributed by atoms with E-state index in [0.29, 0.717) is 17.8 Å². The predicted octanol–water partition coefficient (Wildman–Crippen LogP) is 3.42. The van der Waals surface area contributed by atoms with Crippen LogP contribution in [0.4, 0.5) is 10.1 Å². The lowest BCUT2D eigenvalue weighted by atomic mass is 9.93. The van der Waals surface area contributed by atoms with Crippen molar-refractivity contribution in [2.24, 2.45) is 5.92 Å². The van der Waals surface area contributed by atoms with Gasteiger partial charge in [-0.2, -0.15) is 5.10 Å². The van der Waals surface area contributed by atoms with E-state index in [2.05, 4.69) is 22.5 Å². The van der Waals surface area contributed by atoms with Gasteiger partial charge in [0.2, 0.25) is 11.8 Å². The average Bonchev–Trinajstić information content (AvgIpc) is 3.31. The molecule has 3 aromatic rings. The molecule has 1 N–H and O–H groups in total. The fraction of sp³-hybridized carbons (Fsp3) is 0.261. The minimum atomic E-state index is -0.600. The summed E-state index contributed by atoms with van der Waals surface area (Å²) in [5.41, 5.74) is 2.40. The van der Waals surface area contributed by atoms with Gasteiger partial charge in [0.1, 0.15) is 5.82 Å². The molecule has 30 heavy (non-hydrogen) atoms. The second kappa shape index (κ2) is 8.49. The van der Waals surface area contributed by atoms with Gasteiger partial charge in [-0.1, -0.05) is 42.5 Å². The van der Waals surface area contributed by atoms with Crippen LogP contribution in [0.3, 0.4) is 0 Å². The molecule has 2 unspecified atom stereocenters. The molecular weight excluding hydrogens is 383 g/mol. The molecule has 2 aromatic carbocycles. The monoisotopic (exact) mass is 406 g/mol. The fourth-order valence-electron chi connectivity index (χ4n) is 3.93. The second-order valence-corrected chi connectivity index (χ2v) is 7.53. The Labute approximate surface area is 174 Å². The van der Waals surface area contributed by atoms with Crippen LogP contribution in [-0.4, -0.2) is 33.5 Å². The van der Waals surface area contributed by atoms with Crippen LogP contribution in [0.2, 0.25) is 0 Å². The molecule has 7 heteroatoms. The van der Waals surface area contributed by atoms with Gasteiger partial charge in [-0.3, -0.25) is 14.3 Å². The Morgan fingerprint density at radius 2 is 2.00 bits per heavy atom. The van der Waals surface area contributed by atoms with Crippen molar-refractivity contribution in [1.29, 1.82) is 0 Å². The Morgan fingerprint density at radius 1 is 1.20 bits per heavy atom. The molecule has 6 nitrogen and oxygen atoms in total. The van der Waals surface area contributed by atoms with Crippen molar-refractivity contribution in [3.8, 4) is 0 Å². The highest BCUT2D eigenvalue weighted by Gasteiger charge is 2.42. The third kappa shape index (κ3) is 4.25. The van der Waals surface area contributed by atoms with Gasteiger partial charge in [-0.05, 0) is 29.7 Å². The third-order valence-corrected chi connectivity index (χ3v) is 5.49. The maximum atomic E-state index is 13.7. The van der Waals surface area contributed by atoms with Gasteiger partial charge in [0.15, 0.2) is 0 Å². The van der Waals surface area contributed by atoms with Crippen molar-refractivity contribution in [3.63, 3.8) is 0 Å². The van der Waals surface area contributed by atoms with E-state index in [-0.39, 0.29) is 24.1 Å². The first-order valence-electron chi connectivity index (χ1n) is 9.89. The van der Waals surface area contributed by atoms with Gasteiger partial charge in [0.05, 0.1) is 23.8 Å². The summed E-state index contributed by atoms with van der Waals surface area (Å²) >= 11 is 0. The molecule has 0 saturated carbocycles. The first-order chi connectivity index (χ1) is 14.5. The molecule has 1 fully saturated rings. The number of halogens is 1. The number of amides is 2. The quantitative estimate of drug-likeness (QED) is 0.682. The van der Waals surface area contributed by atoms with E-state index in [9.17, 15) is 14.0 Å². The molecule has 154 valence electrons. The number of hydrogen-bond acceptors (Lipinski definition) is 3. The zero-order valence-electron chi connectivity index (χ0n) is 16.7. The second-order valence-electron chi connectivity index (χ2n) is 7.53. The summed E-state index contributed by atoms with van der Waals surface area (Å²) in [6.45, 7) is 0.691. The number of carbonyl (C=O) groups is 2. The van der Waals surface area contributed by atoms with Crippen LogP contribution < -0.4 is 5.32 Å². The maximum absolute atomic E-state index is 13.7. The molecule has 0 spiro atoms. The Balaban J connectivity index is 1.44. The lowest BCUT2D eigenvalue weighted by molar-refractivity contribution is -0.128. The number of aromatic nitrogens is 2. The molecule has 2 atom stereocenters. The molecule has 2 amide bonds. The van der Waals surface area contributed by atoms with Crippen LogP contribution in [0.15, 0.2) is 67.0 Å². The van der Waals surface area contributed by atoms with Crippen molar-refractivity contribution in [1.82, 2.24) is 14.7 Å². The first kappa shape index (κ1) is 19.8. The highest BCUT2D eigenvalue weighted by molar-refractivity contribution is 5.97. The molecule has 1 aliphatic rings. The van der Waals surface area contributed by atoms with Crippen LogP contribution in [0, 0.1) is 11.7 Å². The highest BCUT2D eigenvalue weighted by atomic mass is 19.1. The summed E-state index contributed by atoms with van der Waals surface area (Å²) in [6, 6.07) is 15.7. The Morgan fingerprint density at radius 3 is 2.77 bits per heavy atom. The lowest BCUT2D eigenvalue weighted by Crippen LogP contribution is -2.30. The maximum Gasteiger partial charge on any atom is 0.230 e. The molecule has 1 aromatic heterocycles. The van der Waals surface area contributed by atoms with Crippen LogP contribution in [-0.2, 0) is 22.6 Å². The van der Waals surface area contributed by atoms with Gasteiger partial charge in [0, 0.05) is 26.2 Å². The number of nitrogens with one attached hydrogen (secondary N) is 1. The third-order valence-electron chi connectivity index (χ3n) is 5.49. The number of anilines is 1. The van der Waals surface area contributed by atoms with E-state index >= 15 is 0 Å². The van der Waals surface area contributed by atoms with Gasteiger partial charge in [-0.15, -0.1) is 0 Å². The summed E-state index contributed by atoms with van der Waals surface area (Å²) in [5, 5.41) is 7.17. The van der Waals surface area contributed by atoms with Crippen LogP contribution in [0.25, 0.3) is 0 Å². The minimum absolute atomic E-state index is 0.0889. The molecule has 4 rings (SSSR count). The Kier molecular flexibility index (Phi) is 5.61. The number of benzene rings is 2. The zero-order chi connectivity index (χ0) is 21.1. The molecule has 1 aliphatic heterocycles. The van der Waals surface area contributed by atoms with E-state index in [0.717, 1.165) is 6.42 Å². The van der Waals surface area contributed by atoms with E-state index < -0.39 is 12.0 Å². The number of aryl methyl sites for hydroxylation is 2. The van der Waals surface area contributed by atoms with Crippen molar-refractivity contribution in [3.05, 3.63) is 83.9 Å². The largest absolute Gasteiger partial charge is 0.338 e. The lowest BCUT2D eigenvalue weighted by Gasteiger charge is -2.24. The number of nitrogens with zero attached hydrogens (tertiary/aromatic N) is 3. The van der Waals surface area contributed by atoms with Crippen LogP contribution in [0.1, 0.15) is 23.6 Å². The van der Waals surface area contributed by atoms with Crippen molar-refractivity contribution >= 4 is 17.5 Å². The van der Waals surface area contributed by atoms with Gasteiger partial charge >= 0.3 is 0 Å². The Hall–Kier alpha value is -3.48. The molecule has 0 bridgehead atoms. The van der Waals surface area contributed by atoms with Crippen LogP contribution >= 0.6 is 0 Å². The van der Waals surface area contributed by atoms with E-state index in [1.54, 1.807) is 36.3 Å². The van der Waals surface area contributed by atoms with Crippen molar-refractivity contribution < 1.29 is 14.0 Å². The topological polar surface area (TPSA) is 67.2 Å². The van der Waals surface area contributed by atoms with E-state index in [1.807, 2.05) is 18.2 Å². The standard InChI is InChI=1S/C23H23FN4O2/c1-27-21(29)13-20(22(27)17-8-5-9-18(24)12-17)23(30)26-19-14-25-28(15-19)11-10-16-6-3-2-4-7-16/h2-9,12,14-15,20,22H,10-11,13H2,1H3,(H,26,30). The average molecular weight is 406 g/mol. The minimum Gasteiger partial charge on any atom is -0.338 e. The molecule has 0 radical (unpaired) electrons. The molecular formula is C23H23FN4O2. The molecule has 1 saturated heterocycles. The molecule has 0 aliphatic carbocycles. The predicted molar refractivity (Wildman–Crippen MR) is 111 cm³/mol. The van der Waals surface area contributed by atoms with Gasteiger partial charge < -0.3 is 10.2 Å². The number of hydrogen-bond donors (Lipinski definition) is 1. The zero-order valence-corrected chi connectivity index (χ0v) is 16.7. The van der Waals surface area contributed by atoms with Crippen LogP contribution in [0.5, 0.6) is 0 Å². The van der Waals surface area contributed by atoms with Gasteiger partial charge in [-0.25, -0.2) is 4.39 Å². The summed E-state index contributed by atoms with van der Waals surface area (Å²) in [7, 11) is 1.65. The van der Waals surface area contributed by atoms with Crippen molar-refractivity contribution in [2.45, 2.75) is 25.4 Å². The van der Waals surface area contributed by atoms with E-state index in [4.69, 9.17) is 0 Å².